The van der Waals surface area contributed by atoms with Crippen LogP contribution in [0.1, 0.15) is 11.1 Å². The minimum absolute atomic E-state index is 0.0248. The quantitative estimate of drug-likeness (QED) is 0.420. The van der Waals surface area contributed by atoms with E-state index >= 15 is 0 Å². The average molecular weight is 422 g/mol. The summed E-state index contributed by atoms with van der Waals surface area (Å²) in [5, 5.41) is 4.48. The number of carbonyl (C=O) groups is 1. The zero-order chi connectivity index (χ0) is 20.1. The van der Waals surface area contributed by atoms with Crippen molar-refractivity contribution in [2.24, 2.45) is 0 Å². The number of fused-ring (bicyclic) bond motifs is 1. The van der Waals surface area contributed by atoms with E-state index in [-0.39, 0.29) is 5.91 Å². The van der Waals surface area contributed by atoms with Gasteiger partial charge in [0.1, 0.15) is 0 Å². The van der Waals surface area contributed by atoms with Crippen LogP contribution >= 0.6 is 23.4 Å². The summed E-state index contributed by atoms with van der Waals surface area (Å²) in [5.41, 5.74) is 4.22. The topological polar surface area (TPSA) is 46.9 Å². The van der Waals surface area contributed by atoms with Gasteiger partial charge in [0.15, 0.2) is 5.16 Å². The van der Waals surface area contributed by atoms with Crippen molar-refractivity contribution in [1.82, 2.24) is 14.9 Å². The largest absolute Gasteiger partial charge is 0.351 e. The van der Waals surface area contributed by atoms with Crippen molar-refractivity contribution < 1.29 is 4.79 Å². The number of thioether (sulfide) groups is 1. The maximum atomic E-state index is 12.3. The van der Waals surface area contributed by atoms with Gasteiger partial charge in [0.2, 0.25) is 5.91 Å². The van der Waals surface area contributed by atoms with Gasteiger partial charge in [-0.1, -0.05) is 78.0 Å². The molecule has 4 nitrogen and oxygen atoms in total. The van der Waals surface area contributed by atoms with Crippen molar-refractivity contribution in [1.29, 1.82) is 0 Å². The summed E-state index contributed by atoms with van der Waals surface area (Å²) >= 11 is 7.35. The maximum absolute atomic E-state index is 12.3. The molecule has 0 aliphatic rings. The summed E-state index contributed by atoms with van der Waals surface area (Å²) in [7, 11) is 0. The van der Waals surface area contributed by atoms with Gasteiger partial charge in [-0.05, 0) is 35.4 Å². The number of rotatable bonds is 7. The molecule has 0 bridgehead atoms. The van der Waals surface area contributed by atoms with Gasteiger partial charge in [0.25, 0.3) is 0 Å². The molecule has 0 saturated heterocycles. The highest BCUT2D eigenvalue weighted by atomic mass is 35.5. The van der Waals surface area contributed by atoms with Crippen LogP contribution < -0.4 is 5.32 Å². The number of benzene rings is 3. The third-order valence-electron chi connectivity index (χ3n) is 4.54. The highest BCUT2D eigenvalue weighted by Gasteiger charge is 2.13. The number of carbonyl (C=O) groups excluding carboxylic acids is 1. The lowest BCUT2D eigenvalue weighted by Crippen LogP contribution is -2.24. The second kappa shape index (κ2) is 9.16. The van der Waals surface area contributed by atoms with Crippen molar-refractivity contribution in [2.45, 2.75) is 18.2 Å². The zero-order valence-corrected chi connectivity index (χ0v) is 17.3. The standard InChI is InChI=1S/C23H20ClN3OS/c24-19-12-10-17(11-13-19)14-25-22(28)16-29-23-26-20-8-4-5-9-21(20)27(23)15-18-6-2-1-3-7-18/h1-13H,14-16H2,(H,25,28). The first-order chi connectivity index (χ1) is 14.2. The Hall–Kier alpha value is -2.76. The van der Waals surface area contributed by atoms with Gasteiger partial charge in [-0.2, -0.15) is 0 Å². The molecule has 146 valence electrons. The number of hydrogen-bond acceptors (Lipinski definition) is 3. The Bertz CT molecular complexity index is 1110. The predicted octanol–water partition coefficient (Wildman–Crippen LogP) is 5.15. The molecule has 4 aromatic rings. The summed E-state index contributed by atoms with van der Waals surface area (Å²) in [6.45, 7) is 1.20. The van der Waals surface area contributed by atoms with E-state index in [9.17, 15) is 4.79 Å². The predicted molar refractivity (Wildman–Crippen MR) is 119 cm³/mol. The second-order valence-corrected chi connectivity index (χ2v) is 8.03. The van der Waals surface area contributed by atoms with Crippen molar-refractivity contribution in [2.75, 3.05) is 5.75 Å². The molecule has 0 aliphatic carbocycles. The first-order valence-corrected chi connectivity index (χ1v) is 10.7. The van der Waals surface area contributed by atoms with Crippen molar-refractivity contribution in [3.05, 3.63) is 95.0 Å². The summed E-state index contributed by atoms with van der Waals surface area (Å²) in [6, 6.07) is 25.8. The molecule has 29 heavy (non-hydrogen) atoms. The first kappa shape index (κ1) is 19.6. The van der Waals surface area contributed by atoms with E-state index in [1.165, 1.54) is 17.3 Å². The van der Waals surface area contributed by atoms with E-state index < -0.39 is 0 Å². The van der Waals surface area contributed by atoms with Gasteiger partial charge >= 0.3 is 0 Å². The van der Waals surface area contributed by atoms with E-state index in [2.05, 4.69) is 28.1 Å². The van der Waals surface area contributed by atoms with E-state index in [0.29, 0.717) is 17.3 Å². The van der Waals surface area contributed by atoms with Crippen LogP contribution in [0.15, 0.2) is 84.0 Å². The molecule has 0 fully saturated rings. The molecule has 0 radical (unpaired) electrons. The molecule has 3 aromatic carbocycles. The third-order valence-corrected chi connectivity index (χ3v) is 5.77. The van der Waals surface area contributed by atoms with Crippen LogP contribution in [0.25, 0.3) is 11.0 Å². The average Bonchev–Trinajstić information content (AvgIpc) is 3.10. The number of nitrogens with zero attached hydrogens (tertiary/aromatic N) is 2. The molecule has 6 heteroatoms. The van der Waals surface area contributed by atoms with Crippen LogP contribution in [-0.2, 0) is 17.9 Å². The normalized spacial score (nSPS) is 10.9. The van der Waals surface area contributed by atoms with Gasteiger partial charge < -0.3 is 9.88 Å². The zero-order valence-electron chi connectivity index (χ0n) is 15.7. The Morgan fingerprint density at radius 1 is 0.931 bits per heavy atom. The molecular weight excluding hydrogens is 402 g/mol. The lowest BCUT2D eigenvalue weighted by molar-refractivity contribution is -0.118. The molecule has 0 unspecified atom stereocenters. The minimum Gasteiger partial charge on any atom is -0.351 e. The highest BCUT2D eigenvalue weighted by Crippen LogP contribution is 2.25. The fourth-order valence-electron chi connectivity index (χ4n) is 3.07. The van der Waals surface area contributed by atoms with Crippen LogP contribution in [0.5, 0.6) is 0 Å². The Balaban J connectivity index is 1.45. The number of hydrogen-bond donors (Lipinski definition) is 1. The number of para-hydroxylation sites is 2. The SMILES string of the molecule is O=C(CSc1nc2ccccc2n1Cc1ccccc1)NCc1ccc(Cl)cc1. The molecular formula is C23H20ClN3OS. The Morgan fingerprint density at radius 2 is 1.66 bits per heavy atom. The smallest absolute Gasteiger partial charge is 0.230 e. The first-order valence-electron chi connectivity index (χ1n) is 9.32. The van der Waals surface area contributed by atoms with Crippen LogP contribution in [-0.4, -0.2) is 21.2 Å². The van der Waals surface area contributed by atoms with Crippen molar-refractivity contribution >= 4 is 40.3 Å². The molecule has 1 aromatic heterocycles. The molecule has 1 N–H and O–H groups in total. The molecule has 1 heterocycles. The molecule has 0 atom stereocenters. The number of nitrogens with one attached hydrogen (secondary N) is 1. The van der Waals surface area contributed by atoms with Crippen LogP contribution in [0, 0.1) is 0 Å². The number of aromatic nitrogens is 2. The fourth-order valence-corrected chi connectivity index (χ4v) is 4.04. The van der Waals surface area contributed by atoms with Crippen LogP contribution in [0.3, 0.4) is 0 Å². The molecule has 1 amide bonds. The van der Waals surface area contributed by atoms with Gasteiger partial charge in [-0.25, -0.2) is 4.98 Å². The number of halogens is 1. The number of amides is 1. The fraction of sp³-hybridized carbons (Fsp3) is 0.130. The minimum atomic E-state index is -0.0248. The summed E-state index contributed by atoms with van der Waals surface area (Å²) in [4.78, 5) is 17.1. The van der Waals surface area contributed by atoms with Crippen LogP contribution in [0.2, 0.25) is 5.02 Å². The summed E-state index contributed by atoms with van der Waals surface area (Å²) in [5.74, 6) is 0.286. The van der Waals surface area contributed by atoms with Gasteiger partial charge in [0.05, 0.1) is 23.3 Å². The van der Waals surface area contributed by atoms with Crippen molar-refractivity contribution in [3.63, 3.8) is 0 Å². The Kier molecular flexibility index (Phi) is 6.17. The molecule has 0 aliphatic heterocycles. The van der Waals surface area contributed by atoms with Crippen molar-refractivity contribution in [3.8, 4) is 0 Å². The molecule has 0 saturated carbocycles. The summed E-state index contributed by atoms with van der Waals surface area (Å²) < 4.78 is 2.17. The van der Waals surface area contributed by atoms with E-state index in [4.69, 9.17) is 16.6 Å². The van der Waals surface area contributed by atoms with Gasteiger partial charge in [0, 0.05) is 11.6 Å². The van der Waals surface area contributed by atoms with E-state index in [1.807, 2.05) is 60.7 Å². The lowest BCUT2D eigenvalue weighted by Gasteiger charge is -2.09. The molecule has 4 rings (SSSR count). The van der Waals surface area contributed by atoms with Crippen LogP contribution in [0.4, 0.5) is 0 Å². The van der Waals surface area contributed by atoms with E-state index in [0.717, 1.165) is 28.3 Å². The second-order valence-electron chi connectivity index (χ2n) is 6.65. The third kappa shape index (κ3) is 5.00. The Labute approximate surface area is 178 Å². The number of imidazole rings is 1. The van der Waals surface area contributed by atoms with E-state index in [1.54, 1.807) is 0 Å². The maximum Gasteiger partial charge on any atom is 0.230 e. The van der Waals surface area contributed by atoms with Gasteiger partial charge in [-0.15, -0.1) is 0 Å². The molecule has 0 spiro atoms. The van der Waals surface area contributed by atoms with Gasteiger partial charge in [-0.3, -0.25) is 4.79 Å². The Morgan fingerprint density at radius 3 is 2.45 bits per heavy atom. The summed E-state index contributed by atoms with van der Waals surface area (Å²) in [6.07, 6.45) is 0. The monoisotopic (exact) mass is 421 g/mol. The lowest BCUT2D eigenvalue weighted by atomic mass is 10.2. The highest BCUT2D eigenvalue weighted by molar-refractivity contribution is 7.99.